The number of piperidine rings is 1. The van der Waals surface area contributed by atoms with Gasteiger partial charge in [-0.25, -0.2) is 4.79 Å². The number of carboxylic acid groups (broad SMARTS) is 1. The molecular weight excluding hydrogens is 258 g/mol. The summed E-state index contributed by atoms with van der Waals surface area (Å²) in [4.78, 5) is 25.4. The highest BCUT2D eigenvalue weighted by Crippen LogP contribution is 2.27. The Bertz CT molecular complexity index is 541. The van der Waals surface area contributed by atoms with Crippen LogP contribution in [-0.4, -0.2) is 39.6 Å². The summed E-state index contributed by atoms with van der Waals surface area (Å²) in [5.41, 5.74) is 0.852. The van der Waals surface area contributed by atoms with Gasteiger partial charge in [0, 0.05) is 17.7 Å². The summed E-state index contributed by atoms with van der Waals surface area (Å²) in [5.74, 6) is -1.31. The fraction of sp³-hybridized carbons (Fsp3) is 0.467. The van der Waals surface area contributed by atoms with Gasteiger partial charge in [0.05, 0.1) is 0 Å². The third-order valence-corrected chi connectivity index (χ3v) is 3.98. The first-order valence-electron chi connectivity index (χ1n) is 6.76. The lowest BCUT2D eigenvalue weighted by Crippen LogP contribution is -2.52. The van der Waals surface area contributed by atoms with Crippen LogP contribution in [0.1, 0.15) is 35.7 Å². The molecule has 1 fully saturated rings. The average Bonchev–Trinajstić information content (AvgIpc) is 2.40. The van der Waals surface area contributed by atoms with Gasteiger partial charge in [0.1, 0.15) is 11.8 Å². The number of carbonyl (C=O) groups is 2. The van der Waals surface area contributed by atoms with Gasteiger partial charge in [0.15, 0.2) is 0 Å². The highest BCUT2D eigenvalue weighted by Gasteiger charge is 2.37. The summed E-state index contributed by atoms with van der Waals surface area (Å²) in [6.07, 6.45) is 1.61. The Hall–Kier alpha value is -2.04. The largest absolute Gasteiger partial charge is 0.508 e. The molecule has 1 aromatic carbocycles. The predicted octanol–water partition coefficient (Wildman–Crippen LogP) is 2.03. The molecule has 1 saturated heterocycles. The van der Waals surface area contributed by atoms with Crippen LogP contribution in [0, 0.1) is 12.8 Å². The molecule has 0 aromatic heterocycles. The minimum Gasteiger partial charge on any atom is -0.508 e. The van der Waals surface area contributed by atoms with E-state index in [2.05, 4.69) is 0 Å². The zero-order valence-corrected chi connectivity index (χ0v) is 11.7. The summed E-state index contributed by atoms with van der Waals surface area (Å²) in [7, 11) is 0. The van der Waals surface area contributed by atoms with E-state index in [1.165, 1.54) is 11.0 Å². The fourth-order valence-corrected chi connectivity index (χ4v) is 2.80. The van der Waals surface area contributed by atoms with Crippen LogP contribution in [0.5, 0.6) is 5.75 Å². The maximum Gasteiger partial charge on any atom is 0.326 e. The number of benzene rings is 1. The van der Waals surface area contributed by atoms with Crippen LogP contribution >= 0.6 is 0 Å². The van der Waals surface area contributed by atoms with Crippen molar-refractivity contribution in [2.75, 3.05) is 6.54 Å². The lowest BCUT2D eigenvalue weighted by atomic mass is 9.90. The van der Waals surface area contributed by atoms with Crippen molar-refractivity contribution in [1.29, 1.82) is 0 Å². The standard InChI is InChI=1S/C15H19NO4/c1-9-5-4-8-16(13(9)15(19)20)14(18)11-6-3-7-12(17)10(11)2/h3,6-7,9,13,17H,4-5,8H2,1-2H3,(H,19,20). The summed E-state index contributed by atoms with van der Waals surface area (Å²) in [6, 6.07) is 3.94. The van der Waals surface area contributed by atoms with E-state index in [-0.39, 0.29) is 17.6 Å². The van der Waals surface area contributed by atoms with E-state index < -0.39 is 12.0 Å². The number of carbonyl (C=O) groups excluding carboxylic acids is 1. The maximum absolute atomic E-state index is 12.6. The van der Waals surface area contributed by atoms with Crippen LogP contribution in [0.3, 0.4) is 0 Å². The number of hydrogen-bond donors (Lipinski definition) is 2. The quantitative estimate of drug-likeness (QED) is 0.867. The predicted molar refractivity (Wildman–Crippen MR) is 73.7 cm³/mol. The zero-order chi connectivity index (χ0) is 14.9. The first-order valence-corrected chi connectivity index (χ1v) is 6.76. The Balaban J connectivity index is 2.35. The van der Waals surface area contributed by atoms with Gasteiger partial charge in [0.2, 0.25) is 0 Å². The van der Waals surface area contributed by atoms with Crippen LogP contribution < -0.4 is 0 Å². The van der Waals surface area contributed by atoms with Gasteiger partial charge in [-0.05, 0) is 37.8 Å². The molecule has 5 heteroatoms. The molecule has 0 bridgehead atoms. The van der Waals surface area contributed by atoms with Gasteiger partial charge in [-0.1, -0.05) is 13.0 Å². The topological polar surface area (TPSA) is 77.8 Å². The first-order chi connectivity index (χ1) is 9.43. The lowest BCUT2D eigenvalue weighted by Gasteiger charge is -2.37. The Morgan fingerprint density at radius 1 is 1.35 bits per heavy atom. The first kappa shape index (κ1) is 14.4. The van der Waals surface area contributed by atoms with E-state index in [9.17, 15) is 19.8 Å². The molecule has 1 aliphatic heterocycles. The van der Waals surface area contributed by atoms with Crippen molar-refractivity contribution < 1.29 is 19.8 Å². The van der Waals surface area contributed by atoms with E-state index in [1.54, 1.807) is 19.1 Å². The minimum absolute atomic E-state index is 0.0489. The normalized spacial score (nSPS) is 22.6. The van der Waals surface area contributed by atoms with Crippen LogP contribution in [-0.2, 0) is 4.79 Å². The second-order valence-corrected chi connectivity index (χ2v) is 5.35. The van der Waals surface area contributed by atoms with Crippen molar-refractivity contribution in [3.8, 4) is 5.75 Å². The van der Waals surface area contributed by atoms with Gasteiger partial charge in [-0.3, -0.25) is 4.79 Å². The monoisotopic (exact) mass is 277 g/mol. The number of hydrogen-bond acceptors (Lipinski definition) is 3. The summed E-state index contributed by atoms with van der Waals surface area (Å²) in [5, 5.41) is 19.0. The smallest absolute Gasteiger partial charge is 0.326 e. The molecule has 1 aliphatic rings. The molecule has 2 unspecified atom stereocenters. The molecule has 5 nitrogen and oxygen atoms in total. The van der Waals surface area contributed by atoms with E-state index in [4.69, 9.17) is 0 Å². The summed E-state index contributed by atoms with van der Waals surface area (Å²) in [6.45, 7) is 3.95. The van der Waals surface area contributed by atoms with Crippen LogP contribution in [0.15, 0.2) is 18.2 Å². The van der Waals surface area contributed by atoms with E-state index in [0.717, 1.165) is 12.8 Å². The number of phenols is 1. The molecule has 1 heterocycles. The van der Waals surface area contributed by atoms with Crippen LogP contribution in [0.4, 0.5) is 0 Å². The number of amides is 1. The van der Waals surface area contributed by atoms with Gasteiger partial charge in [-0.2, -0.15) is 0 Å². The van der Waals surface area contributed by atoms with E-state index >= 15 is 0 Å². The van der Waals surface area contributed by atoms with Gasteiger partial charge < -0.3 is 15.1 Å². The second kappa shape index (κ2) is 5.53. The number of likely N-dealkylation sites (tertiary alicyclic amines) is 1. The Morgan fingerprint density at radius 3 is 2.70 bits per heavy atom. The lowest BCUT2D eigenvalue weighted by molar-refractivity contribution is -0.145. The van der Waals surface area contributed by atoms with Crippen molar-refractivity contribution in [3.63, 3.8) is 0 Å². The second-order valence-electron chi connectivity index (χ2n) is 5.35. The molecule has 108 valence electrons. The van der Waals surface area contributed by atoms with Crippen LogP contribution in [0.25, 0.3) is 0 Å². The highest BCUT2D eigenvalue weighted by atomic mass is 16.4. The van der Waals surface area contributed by atoms with Crippen molar-refractivity contribution in [1.82, 2.24) is 4.90 Å². The fourth-order valence-electron chi connectivity index (χ4n) is 2.80. The van der Waals surface area contributed by atoms with E-state index in [0.29, 0.717) is 17.7 Å². The number of aliphatic carboxylic acids is 1. The molecule has 20 heavy (non-hydrogen) atoms. The SMILES string of the molecule is Cc1c(O)cccc1C(=O)N1CCCC(C)C1C(=O)O. The maximum atomic E-state index is 12.6. The Labute approximate surface area is 117 Å². The number of carboxylic acids is 1. The summed E-state index contributed by atoms with van der Waals surface area (Å²) < 4.78 is 0. The highest BCUT2D eigenvalue weighted by molar-refractivity contribution is 5.98. The van der Waals surface area contributed by atoms with Gasteiger partial charge >= 0.3 is 5.97 Å². The molecule has 2 N–H and O–H groups in total. The Morgan fingerprint density at radius 2 is 2.05 bits per heavy atom. The molecule has 0 saturated carbocycles. The molecule has 0 radical (unpaired) electrons. The van der Waals surface area contributed by atoms with Gasteiger partial charge in [-0.15, -0.1) is 0 Å². The molecule has 0 spiro atoms. The molecular formula is C15H19NO4. The molecule has 2 rings (SSSR count). The molecule has 1 aromatic rings. The minimum atomic E-state index is -0.969. The zero-order valence-electron chi connectivity index (χ0n) is 11.7. The molecule has 0 aliphatic carbocycles. The third-order valence-electron chi connectivity index (χ3n) is 3.98. The Kier molecular flexibility index (Phi) is 3.97. The average molecular weight is 277 g/mol. The third kappa shape index (κ3) is 2.48. The van der Waals surface area contributed by atoms with E-state index in [1.807, 2.05) is 6.92 Å². The molecule has 1 amide bonds. The summed E-state index contributed by atoms with van der Waals surface area (Å²) >= 11 is 0. The van der Waals surface area contributed by atoms with Crippen molar-refractivity contribution in [3.05, 3.63) is 29.3 Å². The number of nitrogens with zero attached hydrogens (tertiary/aromatic N) is 1. The van der Waals surface area contributed by atoms with Crippen LogP contribution in [0.2, 0.25) is 0 Å². The van der Waals surface area contributed by atoms with Gasteiger partial charge in [0.25, 0.3) is 5.91 Å². The number of aromatic hydroxyl groups is 1. The van der Waals surface area contributed by atoms with Crippen molar-refractivity contribution in [2.45, 2.75) is 32.7 Å². The molecule has 2 atom stereocenters. The number of phenolic OH excluding ortho intramolecular Hbond substituents is 1. The van der Waals surface area contributed by atoms with Crippen molar-refractivity contribution in [2.24, 2.45) is 5.92 Å². The number of rotatable bonds is 2. The van der Waals surface area contributed by atoms with Crippen molar-refractivity contribution >= 4 is 11.9 Å².